The molecule has 0 unspecified atom stereocenters. The number of fused-ring (bicyclic) bond motifs is 4. The molecule has 5 rings (SSSR count). The molecular formula is C23H18N2+2. The summed E-state index contributed by atoms with van der Waals surface area (Å²) in [7, 11) is 0. The molecule has 0 fully saturated rings. The maximum absolute atomic E-state index is 2.34. The van der Waals surface area contributed by atoms with Crippen molar-refractivity contribution >= 4 is 32.6 Å². The van der Waals surface area contributed by atoms with Crippen LogP contribution in [0.1, 0.15) is 0 Å². The first-order chi connectivity index (χ1) is 12.4. The van der Waals surface area contributed by atoms with Crippen LogP contribution in [0.4, 0.5) is 0 Å². The first-order valence-corrected chi connectivity index (χ1v) is 8.57. The van der Waals surface area contributed by atoms with Gasteiger partial charge in [0.2, 0.25) is 11.0 Å². The van der Waals surface area contributed by atoms with Crippen LogP contribution in [-0.2, 0) is 6.67 Å². The quantitative estimate of drug-likeness (QED) is 0.339. The third-order valence-corrected chi connectivity index (χ3v) is 4.85. The van der Waals surface area contributed by atoms with E-state index in [0.717, 1.165) is 6.67 Å². The number of rotatable bonds is 2. The zero-order valence-electron chi connectivity index (χ0n) is 13.8. The zero-order valence-corrected chi connectivity index (χ0v) is 13.8. The highest BCUT2D eigenvalue weighted by atomic mass is 15.1. The number of hydrogen-bond acceptors (Lipinski definition) is 0. The summed E-state index contributed by atoms with van der Waals surface area (Å²) in [6.07, 6.45) is 4.41. The molecule has 118 valence electrons. The second-order valence-electron chi connectivity index (χ2n) is 6.38. The molecule has 3 aromatic carbocycles. The van der Waals surface area contributed by atoms with Crippen LogP contribution < -0.4 is 9.13 Å². The fourth-order valence-corrected chi connectivity index (χ4v) is 3.67. The minimum Gasteiger partial charge on any atom is -0.139 e. The molecule has 2 heterocycles. The summed E-state index contributed by atoms with van der Waals surface area (Å²) in [5, 5.41) is 5.12. The van der Waals surface area contributed by atoms with Gasteiger partial charge in [-0.3, -0.25) is 0 Å². The molecule has 2 nitrogen and oxygen atoms in total. The molecule has 25 heavy (non-hydrogen) atoms. The molecule has 2 heteroatoms. The third-order valence-electron chi connectivity index (χ3n) is 4.85. The fraction of sp³-hybridized carbons (Fsp3) is 0.0435. The van der Waals surface area contributed by atoms with Gasteiger partial charge in [0, 0.05) is 34.4 Å². The second-order valence-corrected chi connectivity index (χ2v) is 6.38. The lowest BCUT2D eigenvalue weighted by molar-refractivity contribution is -0.889. The molecule has 0 aliphatic heterocycles. The van der Waals surface area contributed by atoms with Crippen LogP contribution in [0.15, 0.2) is 97.3 Å². The van der Waals surface area contributed by atoms with Gasteiger partial charge in [0.25, 0.3) is 0 Å². The SMILES string of the molecule is c1ccc2c(c1)c[n+](C[n+]1cccc3ccccc31)c1ccccc21. The van der Waals surface area contributed by atoms with E-state index in [1.54, 1.807) is 0 Å². The number of aromatic nitrogens is 2. The van der Waals surface area contributed by atoms with Crippen molar-refractivity contribution in [2.24, 2.45) is 0 Å². The Labute approximate surface area is 146 Å². The average molecular weight is 322 g/mol. The van der Waals surface area contributed by atoms with E-state index in [2.05, 4.69) is 106 Å². The van der Waals surface area contributed by atoms with Crippen molar-refractivity contribution in [1.29, 1.82) is 0 Å². The van der Waals surface area contributed by atoms with Crippen molar-refractivity contribution < 1.29 is 9.13 Å². The lowest BCUT2D eigenvalue weighted by Crippen LogP contribution is -2.52. The molecule has 0 N–H and O–H groups in total. The van der Waals surface area contributed by atoms with Gasteiger partial charge in [0.15, 0.2) is 12.4 Å². The minimum atomic E-state index is 0.784. The van der Waals surface area contributed by atoms with E-state index in [9.17, 15) is 0 Å². The van der Waals surface area contributed by atoms with Gasteiger partial charge in [-0.25, -0.2) is 0 Å². The standard InChI is InChI=1S/C23H18N2/c1-3-11-20-19(9-1)16-25(23-14-6-4-12-21(20)23)17-24-15-7-10-18-8-2-5-13-22(18)24/h1-16H,17H2/q+2. The van der Waals surface area contributed by atoms with Crippen molar-refractivity contribution in [3.63, 3.8) is 0 Å². The summed E-state index contributed by atoms with van der Waals surface area (Å²) in [5.41, 5.74) is 2.50. The van der Waals surface area contributed by atoms with Gasteiger partial charge in [-0.1, -0.05) is 42.5 Å². The Kier molecular flexibility index (Phi) is 3.20. The Morgan fingerprint density at radius 2 is 1.16 bits per heavy atom. The van der Waals surface area contributed by atoms with Gasteiger partial charge < -0.3 is 0 Å². The maximum atomic E-state index is 2.34. The molecule has 2 aromatic heterocycles. The van der Waals surface area contributed by atoms with Gasteiger partial charge in [0.1, 0.15) is 0 Å². The third kappa shape index (κ3) is 2.34. The summed E-state index contributed by atoms with van der Waals surface area (Å²) < 4.78 is 4.64. The van der Waals surface area contributed by atoms with E-state index in [1.807, 2.05) is 0 Å². The Hall–Kier alpha value is -3.26. The number of pyridine rings is 2. The monoisotopic (exact) mass is 322 g/mol. The van der Waals surface area contributed by atoms with Crippen molar-refractivity contribution in [1.82, 2.24) is 0 Å². The Morgan fingerprint density at radius 1 is 0.520 bits per heavy atom. The summed E-state index contributed by atoms with van der Waals surface area (Å²) in [6, 6.07) is 30.0. The van der Waals surface area contributed by atoms with E-state index in [-0.39, 0.29) is 0 Å². The van der Waals surface area contributed by atoms with Crippen LogP contribution in [-0.4, -0.2) is 0 Å². The van der Waals surface area contributed by atoms with Gasteiger partial charge in [0.05, 0.1) is 5.39 Å². The minimum absolute atomic E-state index is 0.784. The maximum Gasteiger partial charge on any atom is 0.344 e. The Bertz CT molecular complexity index is 1220. The highest BCUT2D eigenvalue weighted by Gasteiger charge is 2.18. The van der Waals surface area contributed by atoms with E-state index < -0.39 is 0 Å². The smallest absolute Gasteiger partial charge is 0.139 e. The number of benzene rings is 3. The molecule has 0 amide bonds. The number of nitrogens with zero attached hydrogens (tertiary/aromatic N) is 2. The van der Waals surface area contributed by atoms with Crippen molar-refractivity contribution in [3.8, 4) is 0 Å². The average Bonchev–Trinajstić information content (AvgIpc) is 2.68. The van der Waals surface area contributed by atoms with Crippen molar-refractivity contribution in [3.05, 3.63) is 97.3 Å². The summed E-state index contributed by atoms with van der Waals surface area (Å²) in [5.74, 6) is 0. The molecule has 0 atom stereocenters. The lowest BCUT2D eigenvalue weighted by Gasteiger charge is -2.04. The van der Waals surface area contributed by atoms with E-state index in [0.29, 0.717) is 0 Å². The molecule has 0 saturated carbocycles. The second kappa shape index (κ2) is 5.67. The topological polar surface area (TPSA) is 7.76 Å². The molecular weight excluding hydrogens is 304 g/mol. The molecule has 0 bridgehead atoms. The predicted octanol–water partition coefficient (Wildman–Crippen LogP) is 4.23. The summed E-state index contributed by atoms with van der Waals surface area (Å²) in [4.78, 5) is 0. The predicted molar refractivity (Wildman–Crippen MR) is 101 cm³/mol. The van der Waals surface area contributed by atoms with Gasteiger partial charge in [-0.2, -0.15) is 0 Å². The van der Waals surface area contributed by atoms with Crippen LogP contribution >= 0.6 is 0 Å². The lowest BCUT2D eigenvalue weighted by atomic mass is 10.1. The molecule has 0 aliphatic rings. The van der Waals surface area contributed by atoms with Crippen LogP contribution in [0.2, 0.25) is 0 Å². The molecule has 0 spiro atoms. The van der Waals surface area contributed by atoms with Crippen molar-refractivity contribution in [2.75, 3.05) is 0 Å². The number of para-hydroxylation sites is 2. The molecule has 0 aliphatic carbocycles. The molecule has 0 saturated heterocycles. The largest absolute Gasteiger partial charge is 0.344 e. The van der Waals surface area contributed by atoms with Crippen molar-refractivity contribution in [2.45, 2.75) is 6.67 Å². The van der Waals surface area contributed by atoms with E-state index in [1.165, 1.54) is 32.6 Å². The zero-order chi connectivity index (χ0) is 16.6. The molecule has 0 radical (unpaired) electrons. The van der Waals surface area contributed by atoms with Crippen LogP contribution in [0, 0.1) is 0 Å². The Morgan fingerprint density at radius 3 is 2.04 bits per heavy atom. The van der Waals surface area contributed by atoms with E-state index >= 15 is 0 Å². The highest BCUT2D eigenvalue weighted by Crippen LogP contribution is 2.21. The van der Waals surface area contributed by atoms with Crippen LogP contribution in [0.5, 0.6) is 0 Å². The van der Waals surface area contributed by atoms with Crippen LogP contribution in [0.3, 0.4) is 0 Å². The Balaban J connectivity index is 1.77. The fourth-order valence-electron chi connectivity index (χ4n) is 3.67. The number of hydrogen-bond donors (Lipinski definition) is 0. The van der Waals surface area contributed by atoms with Gasteiger partial charge in [-0.15, -0.1) is 9.13 Å². The van der Waals surface area contributed by atoms with Crippen LogP contribution in [0.25, 0.3) is 32.6 Å². The summed E-state index contributed by atoms with van der Waals surface area (Å²) >= 11 is 0. The summed E-state index contributed by atoms with van der Waals surface area (Å²) in [6.45, 7) is 0.784. The van der Waals surface area contributed by atoms with Gasteiger partial charge >= 0.3 is 6.67 Å². The van der Waals surface area contributed by atoms with Gasteiger partial charge in [-0.05, 0) is 24.3 Å². The molecule has 5 aromatic rings. The first-order valence-electron chi connectivity index (χ1n) is 8.57. The first kappa shape index (κ1) is 14.1. The van der Waals surface area contributed by atoms with E-state index in [4.69, 9.17) is 0 Å². The highest BCUT2D eigenvalue weighted by molar-refractivity contribution is 6.03. The normalized spacial score (nSPS) is 11.4.